The van der Waals surface area contributed by atoms with Crippen molar-refractivity contribution in [1.82, 2.24) is 19.6 Å². The zero-order valence-corrected chi connectivity index (χ0v) is 18.2. The van der Waals surface area contributed by atoms with E-state index < -0.39 is 0 Å². The van der Waals surface area contributed by atoms with E-state index in [0.29, 0.717) is 47.7 Å². The van der Waals surface area contributed by atoms with Gasteiger partial charge in [-0.05, 0) is 43.9 Å². The van der Waals surface area contributed by atoms with Crippen LogP contribution in [0.3, 0.4) is 0 Å². The fraction of sp³-hybridized carbons (Fsp3) is 0.500. The number of aromatic nitrogens is 2. The van der Waals surface area contributed by atoms with Gasteiger partial charge < -0.3 is 9.80 Å². The first-order valence-electron chi connectivity index (χ1n) is 10.6. The number of carbonyl (C=O) groups is 2. The van der Waals surface area contributed by atoms with Crippen molar-refractivity contribution < 1.29 is 9.59 Å². The number of amides is 2. The van der Waals surface area contributed by atoms with Gasteiger partial charge in [0, 0.05) is 43.0 Å². The van der Waals surface area contributed by atoms with E-state index in [1.165, 1.54) is 0 Å². The van der Waals surface area contributed by atoms with Gasteiger partial charge in [0.15, 0.2) is 0 Å². The van der Waals surface area contributed by atoms with Crippen LogP contribution in [-0.2, 0) is 4.79 Å². The van der Waals surface area contributed by atoms with E-state index in [-0.39, 0.29) is 17.7 Å². The molecule has 2 aromatic rings. The minimum absolute atomic E-state index is 0.0102. The maximum absolute atomic E-state index is 13.3. The highest BCUT2D eigenvalue weighted by Gasteiger charge is 2.36. The highest BCUT2D eigenvalue weighted by Crippen LogP contribution is 2.43. The van der Waals surface area contributed by atoms with Crippen molar-refractivity contribution in [3.63, 3.8) is 0 Å². The van der Waals surface area contributed by atoms with Gasteiger partial charge in [0.25, 0.3) is 5.91 Å². The van der Waals surface area contributed by atoms with E-state index in [2.05, 4.69) is 5.10 Å². The summed E-state index contributed by atoms with van der Waals surface area (Å²) in [6.07, 6.45) is 6.92. The standard InChI is InChI=1S/C22H24Cl2N4O2/c23-16-6-7-19(18(24)12-16)28-20(14-4-5-14)17(13-25-28)22(30)27-10-8-26(9-11-27)21(29)15-2-1-3-15/h6-7,12-15H,1-5,8-11H2. The Balaban J connectivity index is 1.35. The van der Waals surface area contributed by atoms with E-state index >= 15 is 0 Å². The summed E-state index contributed by atoms with van der Waals surface area (Å²) in [7, 11) is 0. The van der Waals surface area contributed by atoms with E-state index in [9.17, 15) is 9.59 Å². The average Bonchev–Trinajstić information content (AvgIpc) is 3.45. The number of hydrogen-bond donors (Lipinski definition) is 0. The molecule has 1 aromatic heterocycles. The van der Waals surface area contributed by atoms with Crippen LogP contribution >= 0.6 is 23.2 Å². The van der Waals surface area contributed by atoms with Gasteiger partial charge in [0.05, 0.1) is 28.2 Å². The zero-order valence-electron chi connectivity index (χ0n) is 16.7. The molecule has 0 radical (unpaired) electrons. The molecule has 6 nitrogen and oxygen atoms in total. The number of nitrogens with zero attached hydrogens (tertiary/aromatic N) is 4. The van der Waals surface area contributed by atoms with E-state index in [0.717, 1.165) is 43.5 Å². The highest BCUT2D eigenvalue weighted by atomic mass is 35.5. The summed E-state index contributed by atoms with van der Waals surface area (Å²) >= 11 is 12.4. The van der Waals surface area contributed by atoms with E-state index in [1.807, 2.05) is 15.9 Å². The molecule has 1 aromatic carbocycles. The molecule has 30 heavy (non-hydrogen) atoms. The molecule has 1 aliphatic heterocycles. The highest BCUT2D eigenvalue weighted by molar-refractivity contribution is 6.35. The topological polar surface area (TPSA) is 58.4 Å². The Morgan fingerprint density at radius 2 is 1.67 bits per heavy atom. The molecule has 5 rings (SSSR count). The molecule has 0 atom stereocenters. The van der Waals surface area contributed by atoms with Gasteiger partial charge in [-0.3, -0.25) is 9.59 Å². The number of rotatable bonds is 4. The predicted octanol–water partition coefficient (Wildman–Crippen LogP) is 4.14. The van der Waals surface area contributed by atoms with Crippen LogP contribution in [0.4, 0.5) is 0 Å². The summed E-state index contributed by atoms with van der Waals surface area (Å²) in [6.45, 7) is 2.34. The van der Waals surface area contributed by atoms with Crippen LogP contribution in [0.25, 0.3) is 5.69 Å². The number of carbonyl (C=O) groups excluding carboxylic acids is 2. The summed E-state index contributed by atoms with van der Waals surface area (Å²) in [5, 5.41) is 5.59. The first-order valence-corrected chi connectivity index (χ1v) is 11.4. The monoisotopic (exact) mass is 446 g/mol. The molecule has 0 unspecified atom stereocenters. The van der Waals surface area contributed by atoms with Crippen molar-refractivity contribution in [2.24, 2.45) is 5.92 Å². The second-order valence-electron chi connectivity index (χ2n) is 8.47. The lowest BCUT2D eigenvalue weighted by Gasteiger charge is -2.38. The molecule has 2 aliphatic carbocycles. The maximum atomic E-state index is 13.3. The van der Waals surface area contributed by atoms with Crippen molar-refractivity contribution in [3.05, 3.63) is 45.7 Å². The third-order valence-electron chi connectivity index (χ3n) is 6.47. The Hall–Kier alpha value is -2.05. The fourth-order valence-corrected chi connectivity index (χ4v) is 4.82. The summed E-state index contributed by atoms with van der Waals surface area (Å²) in [6, 6.07) is 5.31. The Morgan fingerprint density at radius 1 is 0.967 bits per heavy atom. The van der Waals surface area contributed by atoms with Crippen molar-refractivity contribution in [2.75, 3.05) is 26.2 Å². The summed E-state index contributed by atoms with van der Waals surface area (Å²) in [5.41, 5.74) is 2.30. The smallest absolute Gasteiger partial charge is 0.257 e. The Bertz CT molecular complexity index is 989. The van der Waals surface area contributed by atoms with Gasteiger partial charge in [-0.15, -0.1) is 0 Å². The quantitative estimate of drug-likeness (QED) is 0.708. The third-order valence-corrected chi connectivity index (χ3v) is 7.01. The molecule has 1 saturated heterocycles. The maximum Gasteiger partial charge on any atom is 0.257 e. The fourth-order valence-electron chi connectivity index (χ4n) is 4.33. The van der Waals surface area contributed by atoms with Crippen LogP contribution in [0, 0.1) is 5.92 Å². The molecule has 2 amide bonds. The van der Waals surface area contributed by atoms with Crippen LogP contribution in [0.5, 0.6) is 0 Å². The molecule has 2 heterocycles. The first-order chi connectivity index (χ1) is 14.5. The molecule has 0 spiro atoms. The summed E-state index contributed by atoms with van der Waals surface area (Å²) in [4.78, 5) is 29.6. The molecule has 3 fully saturated rings. The molecular weight excluding hydrogens is 423 g/mol. The SMILES string of the molecule is O=C(c1cnn(-c2ccc(Cl)cc2Cl)c1C1CC1)N1CCN(C(=O)C2CCC2)CC1. The van der Waals surface area contributed by atoms with E-state index in [1.54, 1.807) is 23.0 Å². The molecule has 0 bridgehead atoms. The Morgan fingerprint density at radius 3 is 2.27 bits per heavy atom. The summed E-state index contributed by atoms with van der Waals surface area (Å²) < 4.78 is 1.79. The number of hydrogen-bond acceptors (Lipinski definition) is 3. The van der Waals surface area contributed by atoms with Crippen molar-refractivity contribution >= 4 is 35.0 Å². The van der Waals surface area contributed by atoms with E-state index in [4.69, 9.17) is 23.2 Å². The molecule has 8 heteroatoms. The minimum Gasteiger partial charge on any atom is -0.339 e. The molecular formula is C22H24Cl2N4O2. The van der Waals surface area contributed by atoms with Gasteiger partial charge in [0.2, 0.25) is 5.91 Å². The largest absolute Gasteiger partial charge is 0.339 e. The minimum atomic E-state index is -0.0102. The first kappa shape index (κ1) is 19.9. The number of piperazine rings is 1. The normalized spacial score (nSPS) is 19.7. The second kappa shape index (κ2) is 7.89. The van der Waals surface area contributed by atoms with Crippen LogP contribution in [-0.4, -0.2) is 57.6 Å². The van der Waals surface area contributed by atoms with Gasteiger partial charge in [-0.1, -0.05) is 29.6 Å². The lowest BCUT2D eigenvalue weighted by atomic mass is 9.84. The van der Waals surface area contributed by atoms with Gasteiger partial charge in [-0.25, -0.2) is 4.68 Å². The molecule has 0 N–H and O–H groups in total. The van der Waals surface area contributed by atoms with Gasteiger partial charge >= 0.3 is 0 Å². The average molecular weight is 447 g/mol. The molecule has 3 aliphatic rings. The Labute approximate surface area is 185 Å². The number of benzene rings is 1. The second-order valence-corrected chi connectivity index (χ2v) is 9.31. The van der Waals surface area contributed by atoms with Crippen LogP contribution in [0.1, 0.15) is 54.1 Å². The van der Waals surface area contributed by atoms with Crippen LogP contribution < -0.4 is 0 Å². The molecule has 158 valence electrons. The lowest BCUT2D eigenvalue weighted by Crippen LogP contribution is -2.52. The van der Waals surface area contributed by atoms with Crippen molar-refractivity contribution in [2.45, 2.75) is 38.0 Å². The van der Waals surface area contributed by atoms with Crippen LogP contribution in [0.2, 0.25) is 10.0 Å². The van der Waals surface area contributed by atoms with Crippen LogP contribution in [0.15, 0.2) is 24.4 Å². The Kier molecular flexibility index (Phi) is 5.23. The lowest BCUT2D eigenvalue weighted by molar-refractivity contribution is -0.139. The summed E-state index contributed by atoms with van der Waals surface area (Å²) in [5.74, 6) is 0.775. The number of halogens is 2. The third kappa shape index (κ3) is 3.60. The van der Waals surface area contributed by atoms with Gasteiger partial charge in [0.1, 0.15) is 0 Å². The van der Waals surface area contributed by atoms with Gasteiger partial charge in [-0.2, -0.15) is 5.10 Å². The zero-order chi connectivity index (χ0) is 20.8. The predicted molar refractivity (Wildman–Crippen MR) is 115 cm³/mol. The van der Waals surface area contributed by atoms with Crippen molar-refractivity contribution in [3.8, 4) is 5.69 Å². The molecule has 2 saturated carbocycles. The van der Waals surface area contributed by atoms with Crippen molar-refractivity contribution in [1.29, 1.82) is 0 Å².